The van der Waals surface area contributed by atoms with Gasteiger partial charge >= 0.3 is 0 Å². The number of aromatic nitrogens is 2. The molecule has 16 heavy (non-hydrogen) atoms. The lowest BCUT2D eigenvalue weighted by Gasteiger charge is -2.37. The van der Waals surface area contributed by atoms with Crippen LogP contribution in [0.1, 0.15) is 38.4 Å². The lowest BCUT2D eigenvalue weighted by atomic mass is 9.78. The smallest absolute Gasteiger partial charge is 0.250 e. The Morgan fingerprint density at radius 1 is 1.62 bits per heavy atom. The fourth-order valence-electron chi connectivity index (χ4n) is 2.60. The first-order valence-corrected chi connectivity index (χ1v) is 5.77. The normalized spacial score (nSPS) is 30.2. The number of nitrogens with zero attached hydrogens (tertiary/aromatic N) is 1. The van der Waals surface area contributed by atoms with Gasteiger partial charge in [0.2, 0.25) is 0 Å². The third-order valence-corrected chi connectivity index (χ3v) is 3.45. The van der Waals surface area contributed by atoms with Crippen molar-refractivity contribution in [3.05, 3.63) is 28.4 Å². The van der Waals surface area contributed by atoms with E-state index in [-0.39, 0.29) is 5.56 Å². The summed E-state index contributed by atoms with van der Waals surface area (Å²) in [6.45, 7) is 2.22. The van der Waals surface area contributed by atoms with Crippen LogP contribution in [0.3, 0.4) is 0 Å². The van der Waals surface area contributed by atoms with E-state index in [0.717, 1.165) is 19.3 Å². The predicted molar refractivity (Wildman–Crippen MR) is 61.2 cm³/mol. The number of aromatic amines is 1. The molecule has 0 bridgehead atoms. The largest absolute Gasteiger partial charge is 0.370 e. The average molecular weight is 222 g/mol. The molecule has 0 aliphatic heterocycles. The van der Waals surface area contributed by atoms with E-state index in [1.54, 1.807) is 13.3 Å². The van der Waals surface area contributed by atoms with E-state index >= 15 is 0 Å². The molecule has 0 spiro atoms. The summed E-state index contributed by atoms with van der Waals surface area (Å²) >= 11 is 0. The molecule has 0 radical (unpaired) electrons. The molecule has 1 N–H and O–H groups in total. The summed E-state index contributed by atoms with van der Waals surface area (Å²) in [6.07, 6.45) is 5.75. The van der Waals surface area contributed by atoms with E-state index in [0.29, 0.717) is 11.7 Å². The van der Waals surface area contributed by atoms with E-state index in [9.17, 15) is 4.79 Å². The second-order valence-corrected chi connectivity index (χ2v) is 4.68. The number of rotatable bonds is 2. The average Bonchev–Trinajstić information content (AvgIpc) is 2.29. The molecule has 2 atom stereocenters. The molecular weight excluding hydrogens is 204 g/mol. The topological polar surface area (TPSA) is 55.0 Å². The quantitative estimate of drug-likeness (QED) is 0.830. The summed E-state index contributed by atoms with van der Waals surface area (Å²) < 4.78 is 5.66. The molecule has 1 aliphatic carbocycles. The number of H-pyrrole nitrogens is 1. The molecule has 1 saturated carbocycles. The predicted octanol–water partition coefficient (Wildman–Crippen LogP) is 1.82. The Bertz CT molecular complexity index is 415. The molecule has 1 fully saturated rings. The molecule has 1 aliphatic rings. The zero-order valence-electron chi connectivity index (χ0n) is 9.82. The Kier molecular flexibility index (Phi) is 3.10. The molecule has 4 nitrogen and oxygen atoms in total. The van der Waals surface area contributed by atoms with Crippen LogP contribution < -0.4 is 5.56 Å². The third-order valence-electron chi connectivity index (χ3n) is 3.45. The van der Waals surface area contributed by atoms with E-state index in [4.69, 9.17) is 4.74 Å². The Morgan fingerprint density at radius 3 is 3.06 bits per heavy atom. The van der Waals surface area contributed by atoms with Crippen LogP contribution in [0.4, 0.5) is 0 Å². The van der Waals surface area contributed by atoms with Crippen LogP contribution in [0.2, 0.25) is 0 Å². The maximum atomic E-state index is 11.3. The highest BCUT2D eigenvalue weighted by atomic mass is 16.5. The standard InChI is InChI=1S/C12H18N2O2/c1-9-4-3-6-12(8-9,16-2)11-13-7-5-10(15)14-11/h5,7,9H,3-4,6,8H2,1-2H3,(H,13,14,15). The van der Waals surface area contributed by atoms with Crippen molar-refractivity contribution in [3.8, 4) is 0 Å². The summed E-state index contributed by atoms with van der Waals surface area (Å²) in [5, 5.41) is 0. The number of methoxy groups -OCH3 is 1. The molecule has 1 heterocycles. The van der Waals surface area contributed by atoms with Crippen molar-refractivity contribution in [2.24, 2.45) is 5.92 Å². The van der Waals surface area contributed by atoms with Crippen molar-refractivity contribution in [3.63, 3.8) is 0 Å². The molecule has 1 aromatic rings. The van der Waals surface area contributed by atoms with Gasteiger partial charge in [-0.3, -0.25) is 4.79 Å². The van der Waals surface area contributed by atoms with Crippen molar-refractivity contribution < 1.29 is 4.74 Å². The number of nitrogens with one attached hydrogen (secondary N) is 1. The zero-order valence-corrected chi connectivity index (χ0v) is 9.82. The van der Waals surface area contributed by atoms with E-state index in [2.05, 4.69) is 16.9 Å². The van der Waals surface area contributed by atoms with Crippen LogP contribution in [0.15, 0.2) is 17.1 Å². The van der Waals surface area contributed by atoms with Gasteiger partial charge in [-0.1, -0.05) is 13.3 Å². The molecule has 4 heteroatoms. The number of hydrogen-bond acceptors (Lipinski definition) is 3. The summed E-state index contributed by atoms with van der Waals surface area (Å²) in [4.78, 5) is 18.4. The minimum atomic E-state index is -0.391. The van der Waals surface area contributed by atoms with Gasteiger partial charge in [0.15, 0.2) is 0 Å². The van der Waals surface area contributed by atoms with Crippen LogP contribution in [0, 0.1) is 5.92 Å². The maximum absolute atomic E-state index is 11.3. The van der Waals surface area contributed by atoms with Gasteiger partial charge in [-0.2, -0.15) is 0 Å². The fraction of sp³-hybridized carbons (Fsp3) is 0.667. The van der Waals surface area contributed by atoms with Crippen LogP contribution >= 0.6 is 0 Å². The Balaban J connectivity index is 2.37. The molecule has 0 amide bonds. The summed E-state index contributed by atoms with van der Waals surface area (Å²) in [7, 11) is 1.70. The Hall–Kier alpha value is -1.16. The van der Waals surface area contributed by atoms with Crippen molar-refractivity contribution >= 4 is 0 Å². The molecule has 2 unspecified atom stereocenters. The zero-order chi connectivity index (χ0) is 11.6. The van der Waals surface area contributed by atoms with Crippen LogP contribution in [0.25, 0.3) is 0 Å². The van der Waals surface area contributed by atoms with Crippen molar-refractivity contribution in [1.82, 2.24) is 9.97 Å². The first kappa shape index (κ1) is 11.3. The van der Waals surface area contributed by atoms with Gasteiger partial charge in [0.1, 0.15) is 11.4 Å². The second-order valence-electron chi connectivity index (χ2n) is 4.68. The van der Waals surface area contributed by atoms with Gasteiger partial charge in [0, 0.05) is 19.4 Å². The lowest BCUT2D eigenvalue weighted by molar-refractivity contribution is -0.0648. The number of hydrogen-bond donors (Lipinski definition) is 1. The molecular formula is C12H18N2O2. The number of ether oxygens (including phenoxy) is 1. The van der Waals surface area contributed by atoms with E-state index in [1.807, 2.05) is 0 Å². The first-order valence-electron chi connectivity index (χ1n) is 5.77. The van der Waals surface area contributed by atoms with Crippen molar-refractivity contribution in [1.29, 1.82) is 0 Å². The Labute approximate surface area is 95.1 Å². The van der Waals surface area contributed by atoms with Gasteiger partial charge in [-0.15, -0.1) is 0 Å². The van der Waals surface area contributed by atoms with Crippen molar-refractivity contribution in [2.45, 2.75) is 38.2 Å². The highest BCUT2D eigenvalue weighted by molar-refractivity contribution is 5.05. The molecule has 0 saturated heterocycles. The minimum absolute atomic E-state index is 0.111. The molecule has 1 aromatic heterocycles. The summed E-state index contributed by atoms with van der Waals surface area (Å²) in [6, 6.07) is 1.43. The molecule has 0 aromatic carbocycles. The second kappa shape index (κ2) is 4.37. The fourth-order valence-corrected chi connectivity index (χ4v) is 2.60. The third kappa shape index (κ3) is 2.02. The molecule has 88 valence electrons. The van der Waals surface area contributed by atoms with Gasteiger partial charge in [0.25, 0.3) is 5.56 Å². The van der Waals surface area contributed by atoms with Crippen LogP contribution in [-0.2, 0) is 10.3 Å². The maximum Gasteiger partial charge on any atom is 0.250 e. The first-order chi connectivity index (χ1) is 7.66. The van der Waals surface area contributed by atoms with Crippen LogP contribution in [-0.4, -0.2) is 17.1 Å². The van der Waals surface area contributed by atoms with Crippen molar-refractivity contribution in [2.75, 3.05) is 7.11 Å². The summed E-state index contributed by atoms with van der Waals surface area (Å²) in [5.41, 5.74) is -0.502. The van der Waals surface area contributed by atoms with Gasteiger partial charge in [-0.05, 0) is 25.2 Å². The minimum Gasteiger partial charge on any atom is -0.370 e. The van der Waals surface area contributed by atoms with Crippen LogP contribution in [0.5, 0.6) is 0 Å². The summed E-state index contributed by atoms with van der Waals surface area (Å²) in [5.74, 6) is 1.29. The van der Waals surface area contributed by atoms with Gasteiger partial charge in [-0.25, -0.2) is 4.98 Å². The Morgan fingerprint density at radius 2 is 2.44 bits per heavy atom. The van der Waals surface area contributed by atoms with Gasteiger partial charge in [0.05, 0.1) is 0 Å². The van der Waals surface area contributed by atoms with Gasteiger partial charge < -0.3 is 9.72 Å². The van der Waals surface area contributed by atoms with E-state index in [1.165, 1.54) is 12.5 Å². The highest BCUT2D eigenvalue weighted by Gasteiger charge is 2.38. The SMILES string of the molecule is COC1(c2nccc(=O)[nH]2)CCCC(C)C1. The lowest BCUT2D eigenvalue weighted by Crippen LogP contribution is -2.37. The monoisotopic (exact) mass is 222 g/mol. The molecule has 2 rings (SSSR count). The highest BCUT2D eigenvalue weighted by Crippen LogP contribution is 2.40. The van der Waals surface area contributed by atoms with E-state index < -0.39 is 5.60 Å².